The lowest BCUT2D eigenvalue weighted by Gasteiger charge is -2.31. The zero-order valence-corrected chi connectivity index (χ0v) is 9.08. The molecule has 0 aromatic heterocycles. The molecular formula is C12H23NO. The van der Waals surface area contributed by atoms with E-state index in [0.29, 0.717) is 6.04 Å². The van der Waals surface area contributed by atoms with Gasteiger partial charge in [0.1, 0.15) is 0 Å². The molecule has 82 valence electrons. The molecule has 14 heavy (non-hydrogen) atoms. The SMILES string of the molecule is NC1CCCC(CC2CCOCC2)C1. The van der Waals surface area contributed by atoms with Crippen LogP contribution in [0.5, 0.6) is 0 Å². The van der Waals surface area contributed by atoms with Gasteiger partial charge in [-0.3, -0.25) is 0 Å². The summed E-state index contributed by atoms with van der Waals surface area (Å²) in [5.74, 6) is 1.85. The van der Waals surface area contributed by atoms with Crippen molar-refractivity contribution in [2.75, 3.05) is 13.2 Å². The van der Waals surface area contributed by atoms with Gasteiger partial charge in [-0.15, -0.1) is 0 Å². The number of ether oxygens (including phenoxy) is 1. The predicted molar refractivity (Wildman–Crippen MR) is 58.1 cm³/mol. The Morgan fingerprint density at radius 1 is 1.00 bits per heavy atom. The van der Waals surface area contributed by atoms with Gasteiger partial charge in [-0.25, -0.2) is 0 Å². The van der Waals surface area contributed by atoms with Crippen LogP contribution in [0.15, 0.2) is 0 Å². The van der Waals surface area contributed by atoms with Crippen LogP contribution in [0.1, 0.15) is 44.9 Å². The number of hydrogen-bond donors (Lipinski definition) is 1. The second kappa shape index (κ2) is 5.13. The van der Waals surface area contributed by atoms with E-state index in [1.807, 2.05) is 0 Å². The molecule has 2 atom stereocenters. The molecule has 1 aliphatic heterocycles. The maximum absolute atomic E-state index is 6.01. The molecule has 0 spiro atoms. The summed E-state index contributed by atoms with van der Waals surface area (Å²) in [6, 6.07) is 0.494. The summed E-state index contributed by atoms with van der Waals surface area (Å²) in [5, 5.41) is 0. The second-order valence-electron chi connectivity index (χ2n) is 5.08. The molecule has 2 heteroatoms. The van der Waals surface area contributed by atoms with Crippen LogP contribution in [0.3, 0.4) is 0 Å². The van der Waals surface area contributed by atoms with Gasteiger partial charge in [0.25, 0.3) is 0 Å². The van der Waals surface area contributed by atoms with Gasteiger partial charge >= 0.3 is 0 Å². The van der Waals surface area contributed by atoms with Crippen LogP contribution in [0.2, 0.25) is 0 Å². The fourth-order valence-electron chi connectivity index (χ4n) is 3.00. The highest BCUT2D eigenvalue weighted by Gasteiger charge is 2.23. The number of rotatable bonds is 2. The Hall–Kier alpha value is -0.0800. The molecule has 2 rings (SSSR count). The van der Waals surface area contributed by atoms with E-state index in [4.69, 9.17) is 10.5 Å². The second-order valence-corrected chi connectivity index (χ2v) is 5.08. The van der Waals surface area contributed by atoms with E-state index in [-0.39, 0.29) is 0 Å². The Bertz CT molecular complexity index is 166. The van der Waals surface area contributed by atoms with Crippen molar-refractivity contribution in [2.45, 2.75) is 51.0 Å². The molecular weight excluding hydrogens is 174 g/mol. The zero-order valence-electron chi connectivity index (χ0n) is 9.08. The van der Waals surface area contributed by atoms with Crippen LogP contribution in [-0.2, 0) is 4.74 Å². The van der Waals surface area contributed by atoms with Gasteiger partial charge < -0.3 is 10.5 Å². The summed E-state index contributed by atoms with van der Waals surface area (Å²) < 4.78 is 5.39. The van der Waals surface area contributed by atoms with Crippen LogP contribution in [0, 0.1) is 11.8 Å². The van der Waals surface area contributed by atoms with Crippen molar-refractivity contribution in [3.05, 3.63) is 0 Å². The van der Waals surface area contributed by atoms with Gasteiger partial charge in [0, 0.05) is 19.3 Å². The molecule has 2 fully saturated rings. The van der Waals surface area contributed by atoms with E-state index in [9.17, 15) is 0 Å². The Kier molecular flexibility index (Phi) is 3.82. The van der Waals surface area contributed by atoms with Crippen LogP contribution < -0.4 is 5.73 Å². The van der Waals surface area contributed by atoms with E-state index in [0.717, 1.165) is 25.0 Å². The topological polar surface area (TPSA) is 35.2 Å². The van der Waals surface area contributed by atoms with Gasteiger partial charge in [0.15, 0.2) is 0 Å². The first-order chi connectivity index (χ1) is 6.84. The van der Waals surface area contributed by atoms with Gasteiger partial charge in [-0.2, -0.15) is 0 Å². The molecule has 0 bridgehead atoms. The summed E-state index contributed by atoms with van der Waals surface area (Å²) in [4.78, 5) is 0. The third kappa shape index (κ3) is 2.96. The Balaban J connectivity index is 1.72. The normalized spacial score (nSPS) is 35.8. The van der Waals surface area contributed by atoms with Crippen molar-refractivity contribution in [1.82, 2.24) is 0 Å². The minimum atomic E-state index is 0.494. The summed E-state index contributed by atoms with van der Waals surface area (Å²) in [6.07, 6.45) is 9.29. The molecule has 0 amide bonds. The minimum Gasteiger partial charge on any atom is -0.381 e. The molecule has 2 nitrogen and oxygen atoms in total. The first-order valence-corrected chi connectivity index (χ1v) is 6.18. The maximum Gasteiger partial charge on any atom is 0.0468 e. The van der Waals surface area contributed by atoms with Gasteiger partial charge in [-0.1, -0.05) is 12.8 Å². The Morgan fingerprint density at radius 3 is 2.50 bits per heavy atom. The smallest absolute Gasteiger partial charge is 0.0468 e. The largest absolute Gasteiger partial charge is 0.381 e. The van der Waals surface area contributed by atoms with Crippen molar-refractivity contribution in [2.24, 2.45) is 17.6 Å². The molecule has 0 radical (unpaired) electrons. The molecule has 0 aromatic carbocycles. The first kappa shape index (κ1) is 10.4. The zero-order chi connectivity index (χ0) is 9.80. The quantitative estimate of drug-likeness (QED) is 0.737. The summed E-state index contributed by atoms with van der Waals surface area (Å²) >= 11 is 0. The highest BCUT2D eigenvalue weighted by atomic mass is 16.5. The fourth-order valence-corrected chi connectivity index (χ4v) is 3.00. The van der Waals surface area contributed by atoms with Crippen LogP contribution in [0.4, 0.5) is 0 Å². The monoisotopic (exact) mass is 197 g/mol. The summed E-state index contributed by atoms with van der Waals surface area (Å²) in [5.41, 5.74) is 6.01. The van der Waals surface area contributed by atoms with Crippen molar-refractivity contribution in [3.8, 4) is 0 Å². The average Bonchev–Trinajstić information content (AvgIpc) is 2.19. The van der Waals surface area contributed by atoms with E-state index >= 15 is 0 Å². The van der Waals surface area contributed by atoms with Gasteiger partial charge in [0.05, 0.1) is 0 Å². The summed E-state index contributed by atoms with van der Waals surface area (Å²) in [6.45, 7) is 1.98. The van der Waals surface area contributed by atoms with Crippen LogP contribution >= 0.6 is 0 Å². The van der Waals surface area contributed by atoms with E-state index in [2.05, 4.69) is 0 Å². The van der Waals surface area contributed by atoms with Gasteiger partial charge in [0.2, 0.25) is 0 Å². The molecule has 2 aliphatic rings. The summed E-state index contributed by atoms with van der Waals surface area (Å²) in [7, 11) is 0. The Labute approximate surface area is 87.2 Å². The lowest BCUT2D eigenvalue weighted by Crippen LogP contribution is -2.29. The third-order valence-corrected chi connectivity index (χ3v) is 3.83. The van der Waals surface area contributed by atoms with Crippen molar-refractivity contribution >= 4 is 0 Å². The number of nitrogens with two attached hydrogens (primary N) is 1. The predicted octanol–water partition coefficient (Wildman–Crippen LogP) is 2.32. The molecule has 1 heterocycles. The van der Waals surface area contributed by atoms with Crippen molar-refractivity contribution in [3.63, 3.8) is 0 Å². The standard InChI is InChI=1S/C12H23NO/c13-12-3-1-2-11(9-12)8-10-4-6-14-7-5-10/h10-12H,1-9,13H2. The minimum absolute atomic E-state index is 0.494. The molecule has 0 aromatic rings. The Morgan fingerprint density at radius 2 is 1.79 bits per heavy atom. The molecule has 1 aliphatic carbocycles. The van der Waals surface area contributed by atoms with Gasteiger partial charge in [-0.05, 0) is 43.9 Å². The highest BCUT2D eigenvalue weighted by Crippen LogP contribution is 2.31. The van der Waals surface area contributed by atoms with E-state index in [1.54, 1.807) is 0 Å². The molecule has 2 N–H and O–H groups in total. The first-order valence-electron chi connectivity index (χ1n) is 6.18. The molecule has 1 saturated carbocycles. The molecule has 1 saturated heterocycles. The number of hydrogen-bond acceptors (Lipinski definition) is 2. The van der Waals surface area contributed by atoms with E-state index < -0.39 is 0 Å². The van der Waals surface area contributed by atoms with Crippen molar-refractivity contribution in [1.29, 1.82) is 0 Å². The third-order valence-electron chi connectivity index (χ3n) is 3.83. The fraction of sp³-hybridized carbons (Fsp3) is 1.00. The lowest BCUT2D eigenvalue weighted by atomic mass is 9.79. The highest BCUT2D eigenvalue weighted by molar-refractivity contribution is 4.78. The average molecular weight is 197 g/mol. The van der Waals surface area contributed by atoms with Crippen molar-refractivity contribution < 1.29 is 4.74 Å². The van der Waals surface area contributed by atoms with Crippen LogP contribution in [0.25, 0.3) is 0 Å². The molecule has 2 unspecified atom stereocenters. The maximum atomic E-state index is 6.01. The lowest BCUT2D eigenvalue weighted by molar-refractivity contribution is 0.0557. The van der Waals surface area contributed by atoms with Crippen LogP contribution in [-0.4, -0.2) is 19.3 Å². The van der Waals surface area contributed by atoms with E-state index in [1.165, 1.54) is 44.9 Å².